The Kier molecular flexibility index (Phi) is 4.81. The molecule has 1 atom stereocenters. The molecular formula is C18H14BrN3O2S2. The van der Waals surface area contributed by atoms with Gasteiger partial charge in [-0.3, -0.25) is 15.0 Å². The third kappa shape index (κ3) is 3.28. The summed E-state index contributed by atoms with van der Waals surface area (Å²) in [6.45, 7) is 0. The van der Waals surface area contributed by atoms with E-state index in [-0.39, 0.29) is 22.7 Å². The summed E-state index contributed by atoms with van der Waals surface area (Å²) < 4.78 is 3.54. The first-order chi connectivity index (χ1) is 12.5. The highest BCUT2D eigenvalue weighted by molar-refractivity contribution is 9.10. The quantitative estimate of drug-likeness (QED) is 0.726. The Bertz CT molecular complexity index is 950. The van der Waals surface area contributed by atoms with E-state index in [1.165, 1.54) is 11.8 Å². The fraction of sp³-hybridized carbons (Fsp3) is 0.167. The average molecular weight is 448 g/mol. The number of carbonyl (C=O) groups excluding carboxylic acids is 2. The summed E-state index contributed by atoms with van der Waals surface area (Å²) in [6.07, 6.45) is 2.25. The number of hydrogen-bond donors (Lipinski definition) is 2. The van der Waals surface area contributed by atoms with Crippen molar-refractivity contribution in [1.29, 1.82) is 5.41 Å². The Morgan fingerprint density at radius 1 is 1.35 bits per heavy atom. The Balaban J connectivity index is 1.49. The van der Waals surface area contributed by atoms with Crippen LogP contribution in [0.3, 0.4) is 0 Å². The van der Waals surface area contributed by atoms with Crippen molar-refractivity contribution in [1.82, 2.24) is 4.57 Å². The van der Waals surface area contributed by atoms with Crippen LogP contribution in [0.25, 0.3) is 0 Å². The van der Waals surface area contributed by atoms with E-state index in [1.54, 1.807) is 0 Å². The minimum absolute atomic E-state index is 0.0664. The molecule has 132 valence electrons. The number of carbonyl (C=O) groups is 2. The fourth-order valence-corrected chi connectivity index (χ4v) is 5.60. The second kappa shape index (κ2) is 7.09. The number of fused-ring (bicyclic) bond motifs is 3. The second-order valence-electron chi connectivity index (χ2n) is 5.93. The minimum atomic E-state index is -0.135. The molecule has 26 heavy (non-hydrogen) atoms. The average Bonchev–Trinajstić information content (AvgIpc) is 3.19. The summed E-state index contributed by atoms with van der Waals surface area (Å²) >= 11 is 5.85. The number of aromatic nitrogens is 1. The molecule has 2 aliphatic heterocycles. The van der Waals surface area contributed by atoms with Gasteiger partial charge in [0.2, 0.25) is 5.91 Å². The maximum Gasteiger partial charge on any atom is 0.234 e. The lowest BCUT2D eigenvalue weighted by molar-refractivity contribution is -0.114. The van der Waals surface area contributed by atoms with Crippen LogP contribution in [-0.4, -0.2) is 27.2 Å². The van der Waals surface area contributed by atoms with E-state index >= 15 is 0 Å². The first kappa shape index (κ1) is 17.6. The maximum absolute atomic E-state index is 12.2. The first-order valence-electron chi connectivity index (χ1n) is 7.92. The Morgan fingerprint density at radius 3 is 2.88 bits per heavy atom. The molecule has 2 N–H and O–H groups in total. The van der Waals surface area contributed by atoms with E-state index in [4.69, 9.17) is 5.41 Å². The van der Waals surface area contributed by atoms with Crippen LogP contribution in [0.1, 0.15) is 18.0 Å². The maximum atomic E-state index is 12.2. The van der Waals surface area contributed by atoms with Crippen LogP contribution in [0.2, 0.25) is 0 Å². The van der Waals surface area contributed by atoms with Crippen molar-refractivity contribution in [2.24, 2.45) is 0 Å². The number of thioether (sulfide) groups is 2. The normalized spacial score (nSPS) is 18.7. The number of nitrogens with zero attached hydrogens (tertiary/aromatic N) is 1. The van der Waals surface area contributed by atoms with Gasteiger partial charge in [-0.25, -0.2) is 0 Å². The van der Waals surface area contributed by atoms with Gasteiger partial charge in [-0.2, -0.15) is 0 Å². The number of benzene rings is 1. The molecule has 3 heterocycles. The second-order valence-corrected chi connectivity index (χ2v) is 9.15. The Hall–Kier alpha value is -1.77. The van der Waals surface area contributed by atoms with Crippen molar-refractivity contribution in [2.45, 2.75) is 12.3 Å². The zero-order valence-electron chi connectivity index (χ0n) is 13.5. The first-order valence-corrected chi connectivity index (χ1v) is 10.5. The van der Waals surface area contributed by atoms with E-state index in [1.807, 2.05) is 47.2 Å². The smallest absolute Gasteiger partial charge is 0.234 e. The number of anilines is 1. The molecule has 1 aromatic carbocycles. The molecule has 0 saturated carbocycles. The van der Waals surface area contributed by atoms with Crippen molar-refractivity contribution >= 4 is 62.0 Å². The van der Waals surface area contributed by atoms with Crippen LogP contribution in [0.5, 0.6) is 0 Å². The lowest BCUT2D eigenvalue weighted by Gasteiger charge is -2.20. The molecule has 0 radical (unpaired) electrons. The van der Waals surface area contributed by atoms with Gasteiger partial charge in [-0.1, -0.05) is 15.9 Å². The summed E-state index contributed by atoms with van der Waals surface area (Å²) in [7, 11) is 0. The van der Waals surface area contributed by atoms with Crippen molar-refractivity contribution in [3.8, 4) is 0 Å². The Labute approximate surface area is 167 Å². The third-order valence-corrected chi connectivity index (χ3v) is 7.06. The lowest BCUT2D eigenvalue weighted by atomic mass is 9.96. The highest BCUT2D eigenvalue weighted by Crippen LogP contribution is 2.49. The zero-order valence-corrected chi connectivity index (χ0v) is 16.7. The largest absolute Gasteiger partial charge is 0.325 e. The Morgan fingerprint density at radius 2 is 2.12 bits per heavy atom. The number of nitrogens with one attached hydrogen (secondary N) is 2. The molecule has 0 aliphatic carbocycles. The van der Waals surface area contributed by atoms with Gasteiger partial charge in [-0.15, -0.1) is 11.8 Å². The third-order valence-electron chi connectivity index (χ3n) is 4.24. The van der Waals surface area contributed by atoms with Crippen LogP contribution >= 0.6 is 39.5 Å². The lowest BCUT2D eigenvalue weighted by Crippen LogP contribution is -2.17. The highest BCUT2D eigenvalue weighted by atomic mass is 79.9. The van der Waals surface area contributed by atoms with Crippen LogP contribution in [0.4, 0.5) is 5.69 Å². The van der Waals surface area contributed by atoms with E-state index in [0.29, 0.717) is 12.3 Å². The summed E-state index contributed by atoms with van der Waals surface area (Å²) in [5.41, 5.74) is 2.58. The van der Waals surface area contributed by atoms with Gasteiger partial charge in [-0.05, 0) is 48.2 Å². The van der Waals surface area contributed by atoms with Crippen molar-refractivity contribution in [3.63, 3.8) is 0 Å². The number of rotatable bonds is 4. The van der Waals surface area contributed by atoms with E-state index < -0.39 is 0 Å². The van der Waals surface area contributed by atoms with E-state index in [2.05, 4.69) is 21.2 Å². The predicted octanol–water partition coefficient (Wildman–Crippen LogP) is 4.42. The molecule has 1 amide bonds. The van der Waals surface area contributed by atoms with Gasteiger partial charge in [0.05, 0.1) is 9.99 Å². The van der Waals surface area contributed by atoms with Crippen LogP contribution < -0.4 is 5.32 Å². The molecule has 8 heteroatoms. The van der Waals surface area contributed by atoms with Crippen molar-refractivity contribution in [2.75, 3.05) is 11.1 Å². The zero-order chi connectivity index (χ0) is 18.3. The van der Waals surface area contributed by atoms with E-state index in [9.17, 15) is 9.59 Å². The number of hydrogen-bond acceptors (Lipinski definition) is 5. The molecule has 2 aromatic rings. The van der Waals surface area contributed by atoms with Gasteiger partial charge >= 0.3 is 0 Å². The molecule has 2 aliphatic rings. The van der Waals surface area contributed by atoms with Crippen LogP contribution in [0, 0.1) is 5.41 Å². The molecule has 0 spiro atoms. The molecule has 0 saturated heterocycles. The van der Waals surface area contributed by atoms with Gasteiger partial charge in [0.1, 0.15) is 5.84 Å². The monoisotopic (exact) mass is 447 g/mol. The highest BCUT2D eigenvalue weighted by Gasteiger charge is 2.39. The molecule has 0 bridgehead atoms. The van der Waals surface area contributed by atoms with Gasteiger partial charge in [0.15, 0.2) is 5.12 Å². The molecule has 0 fully saturated rings. The van der Waals surface area contributed by atoms with Crippen molar-refractivity contribution in [3.05, 3.63) is 62.6 Å². The van der Waals surface area contributed by atoms with Crippen LogP contribution in [-0.2, 0) is 9.59 Å². The van der Waals surface area contributed by atoms with E-state index in [0.717, 1.165) is 37.4 Å². The van der Waals surface area contributed by atoms with Crippen molar-refractivity contribution < 1.29 is 9.59 Å². The summed E-state index contributed by atoms with van der Waals surface area (Å²) in [5.74, 6) is 0.406. The molecule has 1 aromatic heterocycles. The molecular weight excluding hydrogens is 434 g/mol. The molecule has 4 rings (SSSR count). The topological polar surface area (TPSA) is 75.0 Å². The minimum Gasteiger partial charge on any atom is -0.325 e. The predicted molar refractivity (Wildman–Crippen MR) is 110 cm³/mol. The summed E-state index contributed by atoms with van der Waals surface area (Å²) in [6, 6.07) is 11.2. The van der Waals surface area contributed by atoms with Crippen LogP contribution in [0.15, 0.2) is 56.9 Å². The molecule has 1 unspecified atom stereocenters. The van der Waals surface area contributed by atoms with Gasteiger partial charge in [0, 0.05) is 40.0 Å². The standard InChI is InChI=1S/C18H14BrN3O2S2/c19-10-3-5-11(6-4-10)21-14(23)9-25-18-16-12(8-15(24)26-18)13-2-1-7-22(13)17(16)20/h1-7,12,20H,8-9H2,(H,21,23). The number of amides is 1. The SMILES string of the molecule is N=C1C2=C(SCC(=O)Nc3ccc(Br)cc3)SC(=O)CC2c2cccn21. The fourth-order valence-electron chi connectivity index (χ4n) is 3.11. The number of allylic oxidation sites excluding steroid dienone is 1. The summed E-state index contributed by atoms with van der Waals surface area (Å²) in [5, 5.41) is 11.3. The number of halogens is 1. The van der Waals surface area contributed by atoms with Gasteiger partial charge < -0.3 is 9.88 Å². The summed E-state index contributed by atoms with van der Waals surface area (Å²) in [4.78, 5) is 24.4. The van der Waals surface area contributed by atoms with Gasteiger partial charge in [0.25, 0.3) is 0 Å². The molecule has 5 nitrogen and oxygen atoms in total.